The van der Waals surface area contributed by atoms with Crippen molar-refractivity contribution in [2.24, 2.45) is 5.92 Å². The van der Waals surface area contributed by atoms with Crippen molar-refractivity contribution in [2.45, 2.75) is 45.3 Å². The van der Waals surface area contributed by atoms with Gasteiger partial charge < -0.3 is 14.6 Å². The van der Waals surface area contributed by atoms with Gasteiger partial charge in [-0.05, 0) is 73.9 Å². The van der Waals surface area contributed by atoms with Crippen LogP contribution in [0.4, 0.5) is 10.5 Å². The maximum absolute atomic E-state index is 12.5. The first-order valence-electron chi connectivity index (χ1n) is 11.5. The second-order valence-electron chi connectivity index (χ2n) is 8.80. The van der Waals surface area contributed by atoms with Gasteiger partial charge in [0, 0.05) is 11.6 Å². The number of anilines is 1. The minimum Gasteiger partial charge on any atom is -0.506 e. The number of hydrogen-bond acceptors (Lipinski definition) is 6. The number of allylic oxidation sites excluding steroid dienone is 2. The van der Waals surface area contributed by atoms with Crippen LogP contribution in [0.2, 0.25) is 0 Å². The summed E-state index contributed by atoms with van der Waals surface area (Å²) in [5.74, 6) is 1.38. The van der Waals surface area contributed by atoms with E-state index in [4.69, 9.17) is 9.47 Å². The van der Waals surface area contributed by atoms with Crippen molar-refractivity contribution in [2.75, 3.05) is 17.7 Å². The molecule has 1 aliphatic carbocycles. The molecule has 4 rings (SSSR count). The number of phenolic OH excluding ortho intramolecular Hbond substituents is 1. The average molecular weight is 487 g/mol. The van der Waals surface area contributed by atoms with Crippen LogP contribution in [0.1, 0.15) is 48.9 Å². The topological polar surface area (TPSA) is 114 Å². The minimum absolute atomic E-state index is 0.0136. The molecule has 9 heteroatoms. The molecule has 0 spiro atoms. The Labute approximate surface area is 200 Å². The molecule has 0 radical (unpaired) electrons. The second kappa shape index (κ2) is 10.5. The monoisotopic (exact) mass is 486 g/mol. The molecular formula is C25H30N2O6S. The van der Waals surface area contributed by atoms with E-state index in [1.165, 1.54) is 12.8 Å². The summed E-state index contributed by atoms with van der Waals surface area (Å²) in [6, 6.07) is 10.6. The third kappa shape index (κ3) is 6.74. The van der Waals surface area contributed by atoms with Gasteiger partial charge in [-0.2, -0.15) is 0 Å². The Hall–Kier alpha value is -3.04. The summed E-state index contributed by atoms with van der Waals surface area (Å²) in [5.41, 5.74) is 2.77. The van der Waals surface area contributed by atoms with Gasteiger partial charge in [-0.25, -0.2) is 17.9 Å². The van der Waals surface area contributed by atoms with Gasteiger partial charge in [-0.15, -0.1) is 0 Å². The largest absolute Gasteiger partial charge is 0.506 e. The number of amides is 1. The molecule has 0 unspecified atom stereocenters. The van der Waals surface area contributed by atoms with E-state index < -0.39 is 16.1 Å². The molecular weight excluding hydrogens is 456 g/mol. The number of sulfonamides is 1. The predicted molar refractivity (Wildman–Crippen MR) is 129 cm³/mol. The lowest BCUT2D eigenvalue weighted by molar-refractivity contribution is 0.151. The number of hydrogen-bond donors (Lipinski definition) is 3. The number of carbonyl (C=O) groups excluding carboxylic acids is 1. The van der Waals surface area contributed by atoms with E-state index >= 15 is 0 Å². The molecule has 2 aromatic rings. The molecule has 2 aromatic carbocycles. The molecule has 1 atom stereocenters. The number of rotatable bonds is 11. The van der Waals surface area contributed by atoms with E-state index in [-0.39, 0.29) is 24.2 Å². The highest BCUT2D eigenvalue weighted by Crippen LogP contribution is 2.33. The molecule has 0 saturated heterocycles. The molecule has 34 heavy (non-hydrogen) atoms. The lowest BCUT2D eigenvalue weighted by Gasteiger charge is -2.19. The number of fused-ring (bicyclic) bond motifs is 1. The van der Waals surface area contributed by atoms with E-state index in [0.29, 0.717) is 36.6 Å². The second-order valence-corrected chi connectivity index (χ2v) is 10.7. The first-order chi connectivity index (χ1) is 16.3. The Balaban J connectivity index is 1.25. The molecule has 1 amide bonds. The van der Waals surface area contributed by atoms with Gasteiger partial charge >= 0.3 is 6.09 Å². The fraction of sp³-hybridized carbons (Fsp3) is 0.400. The number of carbonyl (C=O) groups is 1. The Morgan fingerprint density at radius 3 is 2.88 bits per heavy atom. The quantitative estimate of drug-likeness (QED) is 0.320. The average Bonchev–Trinajstić information content (AvgIpc) is 3.62. The van der Waals surface area contributed by atoms with Crippen molar-refractivity contribution in [1.82, 2.24) is 4.72 Å². The highest BCUT2D eigenvalue weighted by Gasteiger charge is 2.22. The first kappa shape index (κ1) is 24.1. The summed E-state index contributed by atoms with van der Waals surface area (Å²) in [6.07, 6.45) is 6.40. The van der Waals surface area contributed by atoms with Crippen molar-refractivity contribution < 1.29 is 27.8 Å². The number of cyclic esters (lactones) is 1. The van der Waals surface area contributed by atoms with E-state index in [1.54, 1.807) is 6.07 Å². The van der Waals surface area contributed by atoms with Crippen LogP contribution in [0.5, 0.6) is 11.5 Å². The third-order valence-electron chi connectivity index (χ3n) is 5.82. The van der Waals surface area contributed by atoms with Gasteiger partial charge in [-0.3, -0.25) is 5.32 Å². The molecule has 0 bridgehead atoms. The van der Waals surface area contributed by atoms with Gasteiger partial charge in [0.1, 0.15) is 18.1 Å². The molecule has 2 aliphatic rings. The van der Waals surface area contributed by atoms with Crippen molar-refractivity contribution in [3.05, 3.63) is 65.2 Å². The van der Waals surface area contributed by atoms with E-state index in [9.17, 15) is 18.3 Å². The Bertz CT molecular complexity index is 1170. The van der Waals surface area contributed by atoms with Crippen LogP contribution < -0.4 is 14.8 Å². The highest BCUT2D eigenvalue weighted by atomic mass is 32.2. The smallest absolute Gasteiger partial charge is 0.412 e. The molecule has 1 saturated carbocycles. The number of benzene rings is 2. The summed E-state index contributed by atoms with van der Waals surface area (Å²) in [6.45, 7) is 2.64. The van der Waals surface area contributed by atoms with Gasteiger partial charge in [0.05, 0.1) is 18.0 Å². The molecule has 3 N–H and O–H groups in total. The van der Waals surface area contributed by atoms with Crippen molar-refractivity contribution in [3.63, 3.8) is 0 Å². The van der Waals surface area contributed by atoms with E-state index in [0.717, 1.165) is 16.9 Å². The number of nitrogens with one attached hydrogen (secondary N) is 2. The lowest BCUT2D eigenvalue weighted by atomic mass is 10.0. The fourth-order valence-electron chi connectivity index (χ4n) is 3.74. The standard InChI is InChI=1S/C25H30N2O6S/c1-17(20-7-5-8-22(14-20)32-15-18-9-10-18)27-34(30,31)11-4-2-3-6-19-12-21-16-33-25(29)26-24(21)23(28)13-19/h2-3,5,7-8,12-14,17-18,27-28H,4,6,9-11,15-16H2,1H3,(H,26,29)/b3-2+/t17-/m1/s1. The number of phenols is 1. The molecule has 182 valence electrons. The minimum atomic E-state index is -3.47. The zero-order chi connectivity index (χ0) is 24.1. The zero-order valence-corrected chi connectivity index (χ0v) is 19.9. The summed E-state index contributed by atoms with van der Waals surface area (Å²) in [7, 11) is -3.47. The number of aromatic hydroxyl groups is 1. The first-order valence-corrected chi connectivity index (χ1v) is 13.1. The summed E-state index contributed by atoms with van der Waals surface area (Å²) in [5, 5.41) is 12.6. The fourth-order valence-corrected chi connectivity index (χ4v) is 4.98. The Morgan fingerprint density at radius 1 is 1.26 bits per heavy atom. The maximum atomic E-state index is 12.5. The Morgan fingerprint density at radius 2 is 2.09 bits per heavy atom. The van der Waals surface area contributed by atoms with Crippen molar-refractivity contribution in [1.29, 1.82) is 0 Å². The highest BCUT2D eigenvalue weighted by molar-refractivity contribution is 7.89. The molecule has 8 nitrogen and oxygen atoms in total. The van der Waals surface area contributed by atoms with Crippen LogP contribution >= 0.6 is 0 Å². The molecule has 1 fully saturated rings. The van der Waals surface area contributed by atoms with Crippen LogP contribution in [-0.4, -0.2) is 32.0 Å². The predicted octanol–water partition coefficient (Wildman–Crippen LogP) is 4.41. The van der Waals surface area contributed by atoms with E-state index in [1.807, 2.05) is 49.4 Å². The molecule has 1 aliphatic heterocycles. The Kier molecular flexibility index (Phi) is 7.43. The van der Waals surface area contributed by atoms with Gasteiger partial charge in [0.2, 0.25) is 10.0 Å². The van der Waals surface area contributed by atoms with Crippen LogP contribution in [0.3, 0.4) is 0 Å². The normalized spacial score (nSPS) is 16.6. The summed E-state index contributed by atoms with van der Waals surface area (Å²) < 4.78 is 38.5. The van der Waals surface area contributed by atoms with Crippen LogP contribution in [0.25, 0.3) is 0 Å². The van der Waals surface area contributed by atoms with Crippen LogP contribution in [0.15, 0.2) is 48.6 Å². The SMILES string of the molecule is C[C@@H](NS(=O)(=O)CC/C=C/Cc1cc(O)c2c(c1)COC(=O)N2)c1cccc(OCC2CC2)c1. The lowest BCUT2D eigenvalue weighted by Crippen LogP contribution is -2.29. The summed E-state index contributed by atoms with van der Waals surface area (Å²) in [4.78, 5) is 11.3. The van der Waals surface area contributed by atoms with Gasteiger partial charge in [0.25, 0.3) is 0 Å². The maximum Gasteiger partial charge on any atom is 0.412 e. The van der Waals surface area contributed by atoms with Crippen molar-refractivity contribution in [3.8, 4) is 11.5 Å². The van der Waals surface area contributed by atoms with E-state index in [2.05, 4.69) is 10.0 Å². The van der Waals surface area contributed by atoms with Gasteiger partial charge in [-0.1, -0.05) is 24.3 Å². The summed E-state index contributed by atoms with van der Waals surface area (Å²) >= 11 is 0. The number of ether oxygens (including phenoxy) is 2. The molecule has 1 heterocycles. The van der Waals surface area contributed by atoms with Crippen molar-refractivity contribution >= 4 is 21.8 Å². The molecule has 0 aromatic heterocycles. The van der Waals surface area contributed by atoms with Gasteiger partial charge in [0.15, 0.2) is 0 Å². The van der Waals surface area contributed by atoms with Crippen LogP contribution in [-0.2, 0) is 27.8 Å². The third-order valence-corrected chi connectivity index (χ3v) is 7.30. The van der Waals surface area contributed by atoms with Crippen LogP contribution in [0, 0.1) is 5.92 Å². The zero-order valence-electron chi connectivity index (χ0n) is 19.1.